The van der Waals surface area contributed by atoms with E-state index in [9.17, 15) is 4.79 Å². The molecule has 0 fully saturated rings. The second-order valence-corrected chi connectivity index (χ2v) is 4.19. The van der Waals surface area contributed by atoms with Gasteiger partial charge in [-0.2, -0.15) is 4.98 Å². The van der Waals surface area contributed by atoms with Gasteiger partial charge in [-0.05, 0) is 19.1 Å². The zero-order valence-corrected chi connectivity index (χ0v) is 10.8. The second-order valence-electron chi connectivity index (χ2n) is 3.78. The molecule has 0 bridgehead atoms. The molecule has 7 heteroatoms. The van der Waals surface area contributed by atoms with Crippen LogP contribution in [0.1, 0.15) is 12.8 Å². The molecule has 0 saturated carbocycles. The average molecular weight is 283 g/mol. The van der Waals surface area contributed by atoms with Crippen LogP contribution in [0.2, 0.25) is 5.02 Å². The first-order chi connectivity index (χ1) is 9.08. The van der Waals surface area contributed by atoms with Gasteiger partial charge < -0.3 is 14.4 Å². The number of aliphatic carboxylic acids is 1. The number of nitrogens with zero attached hydrogens (tertiary/aromatic N) is 2. The lowest BCUT2D eigenvalue weighted by atomic mass is 10.2. The first-order valence-electron chi connectivity index (χ1n) is 5.50. The molecule has 1 atom stereocenters. The van der Waals surface area contributed by atoms with E-state index < -0.39 is 12.1 Å². The predicted molar refractivity (Wildman–Crippen MR) is 66.6 cm³/mol. The van der Waals surface area contributed by atoms with Crippen molar-refractivity contribution < 1.29 is 19.2 Å². The van der Waals surface area contributed by atoms with Crippen LogP contribution in [0.4, 0.5) is 0 Å². The molecule has 0 spiro atoms. The zero-order valence-electron chi connectivity index (χ0n) is 10.0. The highest BCUT2D eigenvalue weighted by Gasteiger charge is 2.15. The summed E-state index contributed by atoms with van der Waals surface area (Å²) in [5, 5.41) is 13.0. The third-order valence-electron chi connectivity index (χ3n) is 2.39. The molecule has 19 heavy (non-hydrogen) atoms. The molecule has 0 radical (unpaired) electrons. The molecule has 6 nitrogen and oxygen atoms in total. The highest BCUT2D eigenvalue weighted by molar-refractivity contribution is 6.33. The van der Waals surface area contributed by atoms with Gasteiger partial charge >= 0.3 is 5.97 Å². The van der Waals surface area contributed by atoms with Crippen LogP contribution in [-0.4, -0.2) is 27.3 Å². The van der Waals surface area contributed by atoms with E-state index in [0.29, 0.717) is 16.4 Å². The highest BCUT2D eigenvalue weighted by Crippen LogP contribution is 2.24. The third kappa shape index (κ3) is 3.30. The summed E-state index contributed by atoms with van der Waals surface area (Å²) < 4.78 is 10.0. The fourth-order valence-electron chi connectivity index (χ4n) is 1.33. The summed E-state index contributed by atoms with van der Waals surface area (Å²) in [5.41, 5.74) is 0.644. The van der Waals surface area contributed by atoms with Crippen molar-refractivity contribution in [1.82, 2.24) is 10.1 Å². The minimum atomic E-state index is -1.05. The van der Waals surface area contributed by atoms with E-state index >= 15 is 0 Å². The van der Waals surface area contributed by atoms with Crippen molar-refractivity contribution >= 4 is 17.6 Å². The van der Waals surface area contributed by atoms with E-state index in [1.54, 1.807) is 24.3 Å². The van der Waals surface area contributed by atoms with Gasteiger partial charge in [-0.3, -0.25) is 0 Å². The van der Waals surface area contributed by atoms with Gasteiger partial charge in [-0.1, -0.05) is 28.9 Å². The summed E-state index contributed by atoms with van der Waals surface area (Å²) in [5.74, 6) is -0.513. The van der Waals surface area contributed by atoms with Crippen LogP contribution < -0.4 is 0 Å². The summed E-state index contributed by atoms with van der Waals surface area (Å²) >= 11 is 6.01. The van der Waals surface area contributed by atoms with Gasteiger partial charge in [0, 0.05) is 5.56 Å². The lowest BCUT2D eigenvalue weighted by Crippen LogP contribution is -2.19. The van der Waals surface area contributed by atoms with Crippen molar-refractivity contribution in [3.05, 3.63) is 35.2 Å². The van der Waals surface area contributed by atoms with E-state index in [-0.39, 0.29) is 12.5 Å². The minimum Gasteiger partial charge on any atom is -0.479 e. The van der Waals surface area contributed by atoms with Crippen molar-refractivity contribution in [2.45, 2.75) is 19.6 Å². The number of carboxylic acids is 1. The quantitative estimate of drug-likeness (QED) is 0.906. The molecular formula is C12H11ClN2O4. The average Bonchev–Trinajstić information content (AvgIpc) is 2.85. The fourth-order valence-corrected chi connectivity index (χ4v) is 1.55. The topological polar surface area (TPSA) is 85.5 Å². The van der Waals surface area contributed by atoms with E-state index in [2.05, 4.69) is 10.1 Å². The fraction of sp³-hybridized carbons (Fsp3) is 0.250. The molecule has 0 aliphatic heterocycles. The van der Waals surface area contributed by atoms with Gasteiger partial charge in [0.15, 0.2) is 6.10 Å². The van der Waals surface area contributed by atoms with Crippen LogP contribution in [-0.2, 0) is 16.1 Å². The van der Waals surface area contributed by atoms with Crippen LogP contribution >= 0.6 is 11.6 Å². The molecule has 1 aromatic heterocycles. The van der Waals surface area contributed by atoms with Crippen LogP contribution in [0.25, 0.3) is 11.4 Å². The smallest absolute Gasteiger partial charge is 0.332 e. The molecule has 0 unspecified atom stereocenters. The highest BCUT2D eigenvalue weighted by atomic mass is 35.5. The largest absolute Gasteiger partial charge is 0.479 e. The molecule has 2 rings (SSSR count). The van der Waals surface area contributed by atoms with Gasteiger partial charge in [0.1, 0.15) is 6.61 Å². The monoisotopic (exact) mass is 282 g/mol. The van der Waals surface area contributed by atoms with Gasteiger partial charge in [-0.25, -0.2) is 4.79 Å². The summed E-state index contributed by atoms with van der Waals surface area (Å²) in [6, 6.07) is 7.08. The van der Waals surface area contributed by atoms with Gasteiger partial charge in [0.05, 0.1) is 5.02 Å². The first-order valence-corrected chi connectivity index (χ1v) is 5.87. The number of rotatable bonds is 5. The van der Waals surface area contributed by atoms with Crippen LogP contribution in [0, 0.1) is 0 Å². The Hall–Kier alpha value is -1.92. The van der Waals surface area contributed by atoms with Crippen LogP contribution in [0.15, 0.2) is 28.8 Å². The molecule has 0 aliphatic carbocycles. The molecule has 0 aliphatic rings. The van der Waals surface area contributed by atoms with Crippen molar-refractivity contribution in [1.29, 1.82) is 0 Å². The molecule has 1 heterocycles. The maximum Gasteiger partial charge on any atom is 0.332 e. The normalized spacial score (nSPS) is 12.3. The number of aromatic nitrogens is 2. The van der Waals surface area contributed by atoms with Crippen molar-refractivity contribution in [2.75, 3.05) is 0 Å². The number of hydrogen-bond acceptors (Lipinski definition) is 5. The summed E-state index contributed by atoms with van der Waals surface area (Å²) in [7, 11) is 0. The summed E-state index contributed by atoms with van der Waals surface area (Å²) in [6.45, 7) is 1.36. The second kappa shape index (κ2) is 5.81. The number of hydrogen-bond donors (Lipinski definition) is 1. The molecule has 1 N–H and O–H groups in total. The van der Waals surface area contributed by atoms with Crippen molar-refractivity contribution in [3.8, 4) is 11.4 Å². The lowest BCUT2D eigenvalue weighted by Gasteiger charge is -2.04. The molecule has 0 amide bonds. The maximum absolute atomic E-state index is 10.6. The van der Waals surface area contributed by atoms with E-state index in [1.807, 2.05) is 0 Å². The van der Waals surface area contributed by atoms with Crippen molar-refractivity contribution in [2.24, 2.45) is 0 Å². The lowest BCUT2D eigenvalue weighted by molar-refractivity contribution is -0.150. The SMILES string of the molecule is C[C@@H](OCc1nc(-c2ccccc2Cl)no1)C(=O)O. The molecule has 0 saturated heterocycles. The summed E-state index contributed by atoms with van der Waals surface area (Å²) in [6.07, 6.45) is -0.935. The third-order valence-corrected chi connectivity index (χ3v) is 2.72. The van der Waals surface area contributed by atoms with E-state index in [1.165, 1.54) is 6.92 Å². The Bertz CT molecular complexity index is 585. The molecule has 1 aromatic carbocycles. The Morgan fingerprint density at radius 3 is 2.95 bits per heavy atom. The molecular weight excluding hydrogens is 272 g/mol. The molecule has 100 valence electrons. The van der Waals surface area contributed by atoms with Crippen molar-refractivity contribution in [3.63, 3.8) is 0 Å². The Morgan fingerprint density at radius 2 is 2.26 bits per heavy atom. The van der Waals surface area contributed by atoms with Gasteiger partial charge in [0.2, 0.25) is 5.82 Å². The number of carboxylic acid groups (broad SMARTS) is 1. The van der Waals surface area contributed by atoms with E-state index in [0.717, 1.165) is 0 Å². The number of ether oxygens (including phenoxy) is 1. The van der Waals surface area contributed by atoms with Gasteiger partial charge in [-0.15, -0.1) is 0 Å². The first kappa shape index (κ1) is 13.5. The van der Waals surface area contributed by atoms with Gasteiger partial charge in [0.25, 0.3) is 5.89 Å². The Labute approximate surface area is 114 Å². The van der Waals surface area contributed by atoms with E-state index in [4.69, 9.17) is 26.0 Å². The summed E-state index contributed by atoms with van der Waals surface area (Å²) in [4.78, 5) is 14.7. The predicted octanol–water partition coefficient (Wildman–Crippen LogP) is 2.38. The standard InChI is InChI=1S/C12H11ClN2O4/c1-7(12(16)17)18-6-10-14-11(15-19-10)8-4-2-3-5-9(8)13/h2-5,7H,6H2,1H3,(H,16,17)/t7-/m1/s1. The maximum atomic E-state index is 10.6. The Balaban J connectivity index is 2.08. The number of benzene rings is 1. The Morgan fingerprint density at radius 1 is 1.53 bits per heavy atom. The number of halogens is 1. The Kier molecular flexibility index (Phi) is 4.13. The minimum absolute atomic E-state index is 0.0646. The van der Waals surface area contributed by atoms with Crippen LogP contribution in [0.3, 0.4) is 0 Å². The number of carbonyl (C=O) groups is 1. The van der Waals surface area contributed by atoms with Crippen LogP contribution in [0.5, 0.6) is 0 Å². The molecule has 2 aromatic rings. The zero-order chi connectivity index (χ0) is 13.8.